The molecular formula is C30H57NO6S. The Morgan fingerprint density at radius 1 is 0.632 bits per heavy atom. The number of nitrogens with zero attached hydrogens (tertiary/aromatic N) is 1. The van der Waals surface area contributed by atoms with E-state index in [1.165, 1.54) is 64.2 Å². The Kier molecular flexibility index (Phi) is 25.4. The van der Waals surface area contributed by atoms with E-state index < -0.39 is 36.5 Å². The molecule has 7 nitrogen and oxygen atoms in total. The number of carbonyl (C=O) groups excluding carboxylic acids is 2. The summed E-state index contributed by atoms with van der Waals surface area (Å²) in [5, 5.41) is 28.5. The molecule has 2 atom stereocenters. The van der Waals surface area contributed by atoms with Crippen molar-refractivity contribution in [3.05, 3.63) is 0 Å². The van der Waals surface area contributed by atoms with Crippen LogP contribution in [0, 0.1) is 0 Å². The fourth-order valence-corrected chi connectivity index (χ4v) is 5.55. The molecule has 2 unspecified atom stereocenters. The number of aliphatic hydroxyl groups is 2. The van der Waals surface area contributed by atoms with Crippen molar-refractivity contribution in [2.75, 3.05) is 18.1 Å². The predicted molar refractivity (Wildman–Crippen MR) is 157 cm³/mol. The highest BCUT2D eigenvalue weighted by Crippen LogP contribution is 2.18. The Bertz CT molecular complexity index is 569. The van der Waals surface area contributed by atoms with Crippen molar-refractivity contribution in [2.45, 2.75) is 154 Å². The fourth-order valence-electron chi connectivity index (χ4n) is 4.53. The maximum absolute atomic E-state index is 13.1. The second-order valence-electron chi connectivity index (χ2n) is 10.5. The van der Waals surface area contributed by atoms with Gasteiger partial charge in [-0.2, -0.15) is 11.8 Å². The van der Waals surface area contributed by atoms with Gasteiger partial charge in [-0.05, 0) is 12.8 Å². The van der Waals surface area contributed by atoms with Gasteiger partial charge in [-0.1, -0.05) is 117 Å². The van der Waals surface area contributed by atoms with Gasteiger partial charge in [-0.25, -0.2) is 4.79 Å². The molecule has 3 N–H and O–H groups in total. The maximum Gasteiger partial charge on any atom is 0.327 e. The van der Waals surface area contributed by atoms with Crippen molar-refractivity contribution in [3.63, 3.8) is 0 Å². The number of rotatable bonds is 27. The van der Waals surface area contributed by atoms with Crippen molar-refractivity contribution >= 4 is 29.5 Å². The molecule has 0 bridgehead atoms. The lowest BCUT2D eigenvalue weighted by atomic mass is 10.0. The molecule has 8 heteroatoms. The monoisotopic (exact) mass is 559 g/mol. The Labute approximate surface area is 236 Å². The molecule has 0 aromatic carbocycles. The minimum absolute atomic E-state index is 0.000602. The largest absolute Gasteiger partial charge is 0.480 e. The molecule has 0 saturated carbocycles. The summed E-state index contributed by atoms with van der Waals surface area (Å²) < 4.78 is 0. The molecule has 0 aliphatic rings. The maximum atomic E-state index is 13.1. The van der Waals surface area contributed by atoms with Gasteiger partial charge in [0.1, 0.15) is 6.04 Å². The molecule has 0 aromatic rings. The number of amides is 2. The zero-order chi connectivity index (χ0) is 28.4. The summed E-state index contributed by atoms with van der Waals surface area (Å²) in [5.41, 5.74) is 0. The van der Waals surface area contributed by atoms with Crippen LogP contribution in [0.5, 0.6) is 0 Å². The van der Waals surface area contributed by atoms with E-state index >= 15 is 0 Å². The molecule has 0 aromatic heterocycles. The fraction of sp³-hybridized carbons (Fsp3) is 0.900. The van der Waals surface area contributed by atoms with Crippen LogP contribution >= 0.6 is 11.8 Å². The van der Waals surface area contributed by atoms with Crippen LogP contribution in [0.25, 0.3) is 0 Å². The first-order valence-electron chi connectivity index (χ1n) is 15.3. The van der Waals surface area contributed by atoms with Crippen LogP contribution in [-0.2, 0) is 14.4 Å². The van der Waals surface area contributed by atoms with Crippen LogP contribution in [0.3, 0.4) is 0 Å². The van der Waals surface area contributed by atoms with E-state index in [0.29, 0.717) is 12.8 Å². The summed E-state index contributed by atoms with van der Waals surface area (Å²) in [5.74, 6) is -1.89. The number of aliphatic hydroxyl groups excluding tert-OH is 2. The second-order valence-corrected chi connectivity index (χ2v) is 11.6. The Balaban J connectivity index is 4.77. The first kappa shape index (κ1) is 36.9. The predicted octanol–water partition coefficient (Wildman–Crippen LogP) is 6.72. The van der Waals surface area contributed by atoms with Gasteiger partial charge < -0.3 is 15.3 Å². The number of carboxylic acids is 1. The van der Waals surface area contributed by atoms with Crippen molar-refractivity contribution < 1.29 is 29.7 Å². The quantitative estimate of drug-likeness (QED) is 0.0957. The average Bonchev–Trinajstić information content (AvgIpc) is 2.90. The molecule has 0 fully saturated rings. The number of hydrogen-bond acceptors (Lipinski definition) is 6. The van der Waals surface area contributed by atoms with E-state index in [9.17, 15) is 24.6 Å². The Morgan fingerprint density at radius 2 is 1.00 bits per heavy atom. The van der Waals surface area contributed by atoms with Crippen LogP contribution in [-0.4, -0.2) is 68.3 Å². The molecule has 2 amide bonds. The number of carbonyl (C=O) groups is 3. The van der Waals surface area contributed by atoms with Crippen molar-refractivity contribution in [2.24, 2.45) is 0 Å². The molecule has 224 valence electrons. The van der Waals surface area contributed by atoms with Gasteiger partial charge in [0.2, 0.25) is 11.8 Å². The summed E-state index contributed by atoms with van der Waals surface area (Å²) in [6.07, 6.45) is 19.3. The lowest BCUT2D eigenvalue weighted by Gasteiger charge is -2.27. The lowest BCUT2D eigenvalue weighted by molar-refractivity contribution is -0.157. The smallest absolute Gasteiger partial charge is 0.327 e. The van der Waals surface area contributed by atoms with E-state index in [4.69, 9.17) is 5.11 Å². The number of unbranched alkanes of at least 4 members (excludes halogenated alkanes) is 16. The summed E-state index contributed by atoms with van der Waals surface area (Å²) >= 11 is 1.13. The van der Waals surface area contributed by atoms with Gasteiger partial charge in [0, 0.05) is 24.3 Å². The topological polar surface area (TPSA) is 115 Å². The Hall–Kier alpha value is -1.12. The zero-order valence-corrected chi connectivity index (χ0v) is 25.2. The van der Waals surface area contributed by atoms with Gasteiger partial charge in [-0.15, -0.1) is 0 Å². The van der Waals surface area contributed by atoms with Crippen LogP contribution in [0.2, 0.25) is 0 Å². The lowest BCUT2D eigenvalue weighted by Crippen LogP contribution is -2.50. The normalized spacial score (nSPS) is 12.8. The highest BCUT2D eigenvalue weighted by atomic mass is 32.2. The molecule has 38 heavy (non-hydrogen) atoms. The van der Waals surface area contributed by atoms with E-state index in [1.54, 1.807) is 0 Å². The highest BCUT2D eigenvalue weighted by molar-refractivity contribution is 7.99. The zero-order valence-electron chi connectivity index (χ0n) is 24.3. The number of carboxylic acid groups (broad SMARTS) is 1. The Morgan fingerprint density at radius 3 is 1.34 bits per heavy atom. The van der Waals surface area contributed by atoms with Gasteiger partial charge in [-0.3, -0.25) is 14.5 Å². The second kappa shape index (κ2) is 26.1. The molecular weight excluding hydrogens is 502 g/mol. The van der Waals surface area contributed by atoms with Crippen molar-refractivity contribution in [1.82, 2.24) is 4.90 Å². The first-order chi connectivity index (χ1) is 18.4. The third-order valence-electron chi connectivity index (χ3n) is 6.92. The standard InChI is InChI=1S/C30H57NO6S/c1-3-5-7-9-11-13-15-17-19-21-28(34)31(27(30(36)37)25-38-24-26(33)23-32)29(35)22-20-18-16-14-12-10-8-6-4-2/h26-27,32-33H,3-25H2,1-2H3,(H,36,37). The van der Waals surface area contributed by atoms with E-state index in [-0.39, 0.29) is 24.3 Å². The molecule has 0 aliphatic heterocycles. The third kappa shape index (κ3) is 19.9. The highest BCUT2D eigenvalue weighted by Gasteiger charge is 2.34. The van der Waals surface area contributed by atoms with Crippen LogP contribution < -0.4 is 0 Å². The van der Waals surface area contributed by atoms with E-state index in [0.717, 1.165) is 55.2 Å². The molecule has 0 heterocycles. The third-order valence-corrected chi connectivity index (χ3v) is 8.09. The minimum Gasteiger partial charge on any atom is -0.480 e. The number of aliphatic carboxylic acids is 1. The molecule has 0 saturated heterocycles. The van der Waals surface area contributed by atoms with Gasteiger partial charge in [0.25, 0.3) is 0 Å². The van der Waals surface area contributed by atoms with Crippen LogP contribution in [0.15, 0.2) is 0 Å². The summed E-state index contributed by atoms with van der Waals surface area (Å²) in [6, 6.07) is -1.26. The molecule has 0 spiro atoms. The minimum atomic E-state index is -1.26. The average molecular weight is 560 g/mol. The first-order valence-corrected chi connectivity index (χ1v) is 16.5. The van der Waals surface area contributed by atoms with Gasteiger partial charge in [0.05, 0.1) is 12.7 Å². The summed E-state index contributed by atoms with van der Waals surface area (Å²) in [7, 11) is 0. The molecule has 0 rings (SSSR count). The number of thioether (sulfide) groups is 1. The summed E-state index contributed by atoms with van der Waals surface area (Å²) in [6.45, 7) is 3.99. The van der Waals surface area contributed by atoms with E-state index in [1.807, 2.05) is 0 Å². The number of imide groups is 1. The van der Waals surface area contributed by atoms with Crippen LogP contribution in [0.4, 0.5) is 0 Å². The molecule has 0 radical (unpaired) electrons. The van der Waals surface area contributed by atoms with Crippen LogP contribution in [0.1, 0.15) is 142 Å². The van der Waals surface area contributed by atoms with Gasteiger partial charge >= 0.3 is 5.97 Å². The summed E-state index contributed by atoms with van der Waals surface area (Å²) in [4.78, 5) is 39.2. The van der Waals surface area contributed by atoms with E-state index in [2.05, 4.69) is 13.8 Å². The van der Waals surface area contributed by atoms with Crippen molar-refractivity contribution in [1.29, 1.82) is 0 Å². The number of hydrogen-bond donors (Lipinski definition) is 3. The SMILES string of the molecule is CCCCCCCCCCCC(=O)N(C(=O)CCCCCCCCCCC)C(CSCC(O)CO)C(=O)O. The van der Waals surface area contributed by atoms with Gasteiger partial charge in [0.15, 0.2) is 0 Å². The van der Waals surface area contributed by atoms with Crippen molar-refractivity contribution in [3.8, 4) is 0 Å². The molecule has 0 aliphatic carbocycles.